The number of allylic oxidation sites excluding steroid dienone is 1. The summed E-state index contributed by atoms with van der Waals surface area (Å²) >= 11 is 0. The first-order chi connectivity index (χ1) is 19.4. The van der Waals surface area contributed by atoms with Crippen molar-refractivity contribution < 1.29 is 4.74 Å². The van der Waals surface area contributed by atoms with Crippen molar-refractivity contribution in [1.29, 1.82) is 0 Å². The molecule has 5 aromatic rings. The molecular weight excluding hydrogens is 508 g/mol. The first-order valence-electron chi connectivity index (χ1n) is 13.4. The van der Waals surface area contributed by atoms with Crippen molar-refractivity contribution >= 4 is 33.6 Å². The van der Waals surface area contributed by atoms with Crippen LogP contribution in [0.2, 0.25) is 0 Å². The lowest BCUT2D eigenvalue weighted by molar-refractivity contribution is 0.105. The van der Waals surface area contributed by atoms with Crippen LogP contribution in [0.3, 0.4) is 0 Å². The summed E-state index contributed by atoms with van der Waals surface area (Å²) in [6.45, 7) is 10.2. The molecule has 1 aliphatic heterocycles. The van der Waals surface area contributed by atoms with Crippen LogP contribution in [0.25, 0.3) is 27.8 Å². The Hall–Kier alpha value is -4.58. The molecule has 1 aromatic carbocycles. The van der Waals surface area contributed by atoms with Gasteiger partial charge in [0.15, 0.2) is 11.5 Å². The Labute approximate surface area is 230 Å². The van der Waals surface area contributed by atoms with E-state index in [2.05, 4.69) is 57.7 Å². The van der Waals surface area contributed by atoms with E-state index in [1.807, 2.05) is 29.1 Å². The number of ether oxygens (including phenoxy) is 1. The fraction of sp³-hybridized carbons (Fsp3) is 0.357. The van der Waals surface area contributed by atoms with Gasteiger partial charge in [0.05, 0.1) is 18.3 Å². The number of hydrogen-bond donors (Lipinski definition) is 1. The zero-order valence-electron chi connectivity index (χ0n) is 22.9. The van der Waals surface area contributed by atoms with Gasteiger partial charge in [-0.2, -0.15) is 15.1 Å². The average Bonchev–Trinajstić information content (AvgIpc) is 3.49. The summed E-state index contributed by atoms with van der Waals surface area (Å²) < 4.78 is 11.3. The van der Waals surface area contributed by atoms with Crippen molar-refractivity contribution in [1.82, 2.24) is 44.0 Å². The Balaban J connectivity index is 1.36. The molecule has 0 amide bonds. The van der Waals surface area contributed by atoms with E-state index in [0.717, 1.165) is 42.5 Å². The number of likely N-dealkylation sites (tertiary alicyclic amines) is 1. The summed E-state index contributed by atoms with van der Waals surface area (Å²) in [5, 5.41) is 9.14. The molecule has 0 aliphatic carbocycles. The van der Waals surface area contributed by atoms with E-state index in [0.29, 0.717) is 22.8 Å². The van der Waals surface area contributed by atoms with Crippen LogP contribution < -0.4 is 15.6 Å². The maximum atomic E-state index is 13.3. The lowest BCUT2D eigenvalue weighted by Gasteiger charge is -2.28. The molecule has 12 nitrogen and oxygen atoms in total. The highest BCUT2D eigenvalue weighted by atomic mass is 16.5. The maximum Gasteiger partial charge on any atom is 0.318 e. The number of aromatic nitrogens is 8. The minimum atomic E-state index is -0.236. The summed E-state index contributed by atoms with van der Waals surface area (Å²) in [6.07, 6.45) is 8.54. The monoisotopic (exact) mass is 540 g/mol. The van der Waals surface area contributed by atoms with Crippen LogP contribution in [0.4, 0.5) is 11.6 Å². The fourth-order valence-corrected chi connectivity index (χ4v) is 5.04. The average molecular weight is 541 g/mol. The highest BCUT2D eigenvalue weighted by molar-refractivity contribution is 5.84. The predicted octanol–water partition coefficient (Wildman–Crippen LogP) is 3.71. The molecule has 0 atom stereocenters. The van der Waals surface area contributed by atoms with E-state index in [9.17, 15) is 4.79 Å². The molecule has 6 rings (SSSR count). The zero-order valence-corrected chi connectivity index (χ0v) is 22.9. The summed E-state index contributed by atoms with van der Waals surface area (Å²) in [5.74, 6) is 0.823. The molecule has 1 aliphatic rings. The van der Waals surface area contributed by atoms with Gasteiger partial charge in [0.1, 0.15) is 11.5 Å². The normalized spacial score (nSPS) is 14.8. The van der Waals surface area contributed by atoms with Gasteiger partial charge >= 0.3 is 6.01 Å². The molecule has 1 fully saturated rings. The number of fused-ring (bicyclic) bond motifs is 2. The third-order valence-corrected chi connectivity index (χ3v) is 7.09. The standard InChI is InChI=1S/C28H32N10O2/c1-5-12-36-26(39)22-17-30-27(32-20-6-7-23-19(15-20)16-31-37(23)18(2)3)34-25(22)38(36)24-8-11-29-28(33-24)40-21-9-13-35(4)14-10-21/h5-8,11,15-18,21H,1,9-10,12-14H2,2-4H3,(H,30,32,34). The van der Waals surface area contributed by atoms with Crippen LogP contribution >= 0.6 is 0 Å². The van der Waals surface area contributed by atoms with Crippen LogP contribution in [0.1, 0.15) is 32.7 Å². The Morgan fingerprint density at radius 3 is 2.75 bits per heavy atom. The lowest BCUT2D eigenvalue weighted by atomic mass is 10.1. The number of rotatable bonds is 8. The molecule has 5 heterocycles. The summed E-state index contributed by atoms with van der Waals surface area (Å²) in [7, 11) is 2.10. The third kappa shape index (κ3) is 4.81. The van der Waals surface area contributed by atoms with E-state index < -0.39 is 0 Å². The van der Waals surface area contributed by atoms with E-state index >= 15 is 0 Å². The van der Waals surface area contributed by atoms with Gasteiger partial charge in [-0.05, 0) is 51.9 Å². The SMILES string of the molecule is C=CCn1c(=O)c2cnc(Nc3ccc4c(cnn4C(C)C)c3)nc2n1-c1ccnc(OC2CCN(C)CC2)n1. The van der Waals surface area contributed by atoms with E-state index in [4.69, 9.17) is 9.72 Å². The summed E-state index contributed by atoms with van der Waals surface area (Å²) in [4.78, 5) is 33.8. The Morgan fingerprint density at radius 1 is 1.15 bits per heavy atom. The maximum absolute atomic E-state index is 13.3. The van der Waals surface area contributed by atoms with Gasteiger partial charge in [-0.25, -0.2) is 19.3 Å². The number of nitrogens with zero attached hydrogens (tertiary/aromatic N) is 9. The second-order valence-corrected chi connectivity index (χ2v) is 10.3. The van der Waals surface area contributed by atoms with E-state index in [-0.39, 0.29) is 30.3 Å². The molecule has 206 valence electrons. The van der Waals surface area contributed by atoms with E-state index in [1.165, 1.54) is 10.9 Å². The molecule has 0 spiro atoms. The molecule has 0 unspecified atom stereocenters. The van der Waals surface area contributed by atoms with Gasteiger partial charge < -0.3 is 15.0 Å². The first kappa shape index (κ1) is 25.7. The topological polar surface area (TPSA) is 121 Å². The van der Waals surface area contributed by atoms with Crippen LogP contribution in [0.5, 0.6) is 6.01 Å². The van der Waals surface area contributed by atoms with Crippen molar-refractivity contribution in [3.05, 3.63) is 65.9 Å². The number of nitrogens with one attached hydrogen (secondary N) is 1. The molecule has 12 heteroatoms. The number of hydrogen-bond acceptors (Lipinski definition) is 9. The van der Waals surface area contributed by atoms with Gasteiger partial charge in [-0.3, -0.25) is 9.48 Å². The third-order valence-electron chi connectivity index (χ3n) is 7.09. The van der Waals surface area contributed by atoms with Gasteiger partial charge in [0.2, 0.25) is 5.95 Å². The van der Waals surface area contributed by atoms with Gasteiger partial charge in [0, 0.05) is 48.7 Å². The van der Waals surface area contributed by atoms with Crippen LogP contribution in [0.15, 0.2) is 60.3 Å². The fourth-order valence-electron chi connectivity index (χ4n) is 5.04. The molecule has 40 heavy (non-hydrogen) atoms. The molecular formula is C28H32N10O2. The number of anilines is 2. The Kier molecular flexibility index (Phi) is 6.76. The van der Waals surface area contributed by atoms with Gasteiger partial charge in [0.25, 0.3) is 5.56 Å². The summed E-state index contributed by atoms with van der Waals surface area (Å²) in [6, 6.07) is 8.25. The molecule has 1 N–H and O–H groups in total. The van der Waals surface area contributed by atoms with Crippen LogP contribution in [-0.4, -0.2) is 70.2 Å². The van der Waals surface area contributed by atoms with Gasteiger partial charge in [-0.15, -0.1) is 6.58 Å². The smallest absolute Gasteiger partial charge is 0.318 e. The first-order valence-corrected chi connectivity index (χ1v) is 13.4. The predicted molar refractivity (Wildman–Crippen MR) is 153 cm³/mol. The molecule has 0 bridgehead atoms. The minimum absolute atomic E-state index is 0.0475. The number of benzene rings is 1. The zero-order chi connectivity index (χ0) is 27.8. The highest BCUT2D eigenvalue weighted by Crippen LogP contribution is 2.24. The van der Waals surface area contributed by atoms with Crippen LogP contribution in [0, 0.1) is 0 Å². The quantitative estimate of drug-likeness (QED) is 0.294. The second kappa shape index (κ2) is 10.5. The highest BCUT2D eigenvalue weighted by Gasteiger charge is 2.21. The molecule has 4 aromatic heterocycles. The van der Waals surface area contributed by atoms with Crippen molar-refractivity contribution in [3.63, 3.8) is 0 Å². The second-order valence-electron chi connectivity index (χ2n) is 10.3. The van der Waals surface area contributed by atoms with Crippen molar-refractivity contribution in [3.8, 4) is 11.8 Å². The van der Waals surface area contributed by atoms with Crippen molar-refractivity contribution in [2.75, 3.05) is 25.5 Å². The van der Waals surface area contributed by atoms with E-state index in [1.54, 1.807) is 23.0 Å². The Bertz CT molecular complexity index is 1740. The van der Waals surface area contributed by atoms with Crippen molar-refractivity contribution in [2.45, 2.75) is 45.4 Å². The number of piperidine rings is 1. The van der Waals surface area contributed by atoms with Crippen molar-refractivity contribution in [2.24, 2.45) is 0 Å². The van der Waals surface area contributed by atoms with Crippen LogP contribution in [-0.2, 0) is 6.54 Å². The lowest BCUT2D eigenvalue weighted by Crippen LogP contribution is -2.36. The largest absolute Gasteiger partial charge is 0.460 e. The minimum Gasteiger partial charge on any atom is -0.460 e. The summed E-state index contributed by atoms with van der Waals surface area (Å²) in [5.41, 5.74) is 2.04. The van der Waals surface area contributed by atoms with Gasteiger partial charge in [-0.1, -0.05) is 6.08 Å². The molecule has 0 saturated carbocycles. The molecule has 0 radical (unpaired) electrons. The molecule has 1 saturated heterocycles. The Morgan fingerprint density at radius 2 is 1.98 bits per heavy atom.